The lowest BCUT2D eigenvalue weighted by molar-refractivity contribution is -0.689. The van der Waals surface area contributed by atoms with Gasteiger partial charge < -0.3 is 24.2 Å². The van der Waals surface area contributed by atoms with E-state index in [1.807, 2.05) is 18.2 Å². The Morgan fingerprint density at radius 3 is 2.16 bits per heavy atom. The van der Waals surface area contributed by atoms with Gasteiger partial charge in [-0.2, -0.15) is 4.57 Å². The number of methoxy groups -OCH3 is 1. The van der Waals surface area contributed by atoms with Crippen LogP contribution in [0, 0.1) is 13.8 Å². The van der Waals surface area contributed by atoms with Crippen LogP contribution < -0.4 is 14.4 Å². The molecule has 2 atom stereocenters. The van der Waals surface area contributed by atoms with Gasteiger partial charge in [0.15, 0.2) is 12.2 Å². The summed E-state index contributed by atoms with van der Waals surface area (Å²) in [5, 5.41) is 2.80. The highest BCUT2D eigenvalue weighted by Crippen LogP contribution is 2.35. The van der Waals surface area contributed by atoms with Gasteiger partial charge in [-0.25, -0.2) is 4.79 Å². The van der Waals surface area contributed by atoms with E-state index in [1.165, 1.54) is 94.7 Å². The van der Waals surface area contributed by atoms with Crippen LogP contribution in [0.4, 0.5) is 4.79 Å². The van der Waals surface area contributed by atoms with Crippen molar-refractivity contribution in [3.63, 3.8) is 0 Å². The predicted octanol–water partition coefficient (Wildman–Crippen LogP) is 8.54. The summed E-state index contributed by atoms with van der Waals surface area (Å²) < 4.78 is 23.9. The molecule has 1 heterocycles. The lowest BCUT2D eigenvalue weighted by Gasteiger charge is -2.18. The van der Waals surface area contributed by atoms with Gasteiger partial charge in [-0.15, -0.1) is 0 Å². The maximum atomic E-state index is 12.1. The van der Waals surface area contributed by atoms with E-state index in [-0.39, 0.29) is 13.2 Å². The molecule has 0 aliphatic carbocycles. The number of thiazole rings is 1. The highest BCUT2D eigenvalue weighted by Gasteiger charge is 2.18. The first-order valence-corrected chi connectivity index (χ1v) is 18.2. The number of aromatic nitrogens is 1. The van der Waals surface area contributed by atoms with Crippen molar-refractivity contribution in [2.24, 2.45) is 0 Å². The van der Waals surface area contributed by atoms with E-state index < -0.39 is 20.8 Å². The maximum Gasteiger partial charge on any atom is 0.407 e. The zero-order chi connectivity index (χ0) is 31.1. The minimum absolute atomic E-state index is 0.0242. The Balaban J connectivity index is 1.48. The molecule has 1 amide bonds. The van der Waals surface area contributed by atoms with Crippen molar-refractivity contribution in [2.75, 3.05) is 26.9 Å². The number of unbranched alkanes of at least 4 members (excludes halogenated alkanes) is 13. The number of hydrogen-bond acceptors (Lipinski definition) is 7. The molecule has 0 saturated heterocycles. The van der Waals surface area contributed by atoms with Crippen molar-refractivity contribution in [3.05, 3.63) is 45.9 Å². The van der Waals surface area contributed by atoms with Crippen LogP contribution in [0.5, 0.6) is 5.75 Å². The molecule has 2 unspecified atom stereocenters. The van der Waals surface area contributed by atoms with E-state index in [0.29, 0.717) is 12.3 Å². The van der Waals surface area contributed by atoms with Gasteiger partial charge in [0.05, 0.1) is 11.5 Å². The predicted molar refractivity (Wildman–Crippen MR) is 176 cm³/mol. The summed E-state index contributed by atoms with van der Waals surface area (Å²) in [6.45, 7) is 7.87. The molecule has 0 aliphatic rings. The molecule has 43 heavy (non-hydrogen) atoms. The number of aryl methyl sites for hydroxylation is 1. The quantitative estimate of drug-likeness (QED) is 0.0643. The minimum Gasteiger partial charge on any atom is -0.447 e. The van der Waals surface area contributed by atoms with E-state index in [4.69, 9.17) is 18.5 Å². The van der Waals surface area contributed by atoms with Crippen LogP contribution in [0.25, 0.3) is 0 Å². The van der Waals surface area contributed by atoms with Crippen LogP contribution in [0.3, 0.4) is 0 Å². The van der Waals surface area contributed by atoms with Crippen molar-refractivity contribution in [1.29, 1.82) is 0 Å². The fraction of sp³-hybridized carbons (Fsp3) is 0.697. The monoisotopic (exact) mass is 639 g/mol. The number of carbonyl (C=O) groups is 1. The van der Waals surface area contributed by atoms with Crippen LogP contribution in [0.2, 0.25) is 0 Å². The van der Waals surface area contributed by atoms with Crippen molar-refractivity contribution in [2.45, 2.75) is 123 Å². The van der Waals surface area contributed by atoms with Crippen molar-refractivity contribution >= 4 is 26.0 Å². The molecular weight excluding hydrogens is 583 g/mol. The van der Waals surface area contributed by atoms with Gasteiger partial charge in [-0.05, 0) is 25.5 Å². The zero-order valence-corrected chi connectivity index (χ0v) is 28.7. The van der Waals surface area contributed by atoms with Crippen LogP contribution in [-0.4, -0.2) is 44.0 Å². The smallest absolute Gasteiger partial charge is 0.407 e. The average Bonchev–Trinajstić information content (AvgIpc) is 3.31. The van der Waals surface area contributed by atoms with Gasteiger partial charge >= 0.3 is 14.7 Å². The molecule has 1 aromatic heterocycles. The van der Waals surface area contributed by atoms with Gasteiger partial charge in [0, 0.05) is 26.1 Å². The number of amides is 1. The van der Waals surface area contributed by atoms with E-state index >= 15 is 0 Å². The molecule has 8 nitrogen and oxygen atoms in total. The van der Waals surface area contributed by atoms with E-state index in [1.54, 1.807) is 17.4 Å². The summed E-state index contributed by atoms with van der Waals surface area (Å²) in [4.78, 5) is 23.6. The van der Waals surface area contributed by atoms with Crippen LogP contribution in [0.15, 0.2) is 29.8 Å². The Morgan fingerprint density at radius 2 is 1.58 bits per heavy atom. The van der Waals surface area contributed by atoms with Gasteiger partial charge in [0.1, 0.15) is 18.5 Å². The first-order valence-electron chi connectivity index (χ1n) is 16.2. The van der Waals surface area contributed by atoms with Crippen molar-refractivity contribution in [1.82, 2.24) is 5.32 Å². The van der Waals surface area contributed by atoms with Gasteiger partial charge in [0.25, 0.3) is 0 Å². The van der Waals surface area contributed by atoms with Crippen molar-refractivity contribution in [3.8, 4) is 5.75 Å². The topological polar surface area (TPSA) is 90.1 Å². The van der Waals surface area contributed by atoms with Crippen LogP contribution in [0.1, 0.15) is 113 Å². The maximum absolute atomic E-state index is 12.1. The number of hydrogen-bond donors (Lipinski definition) is 2. The molecule has 0 bridgehead atoms. The first kappa shape index (κ1) is 37.4. The molecule has 244 valence electrons. The van der Waals surface area contributed by atoms with Gasteiger partial charge in [-0.3, -0.25) is 4.52 Å². The molecule has 10 heteroatoms. The van der Waals surface area contributed by atoms with Gasteiger partial charge in [-0.1, -0.05) is 114 Å². The SMILES string of the molecule is CCCCCCCCCCCCCCCCNC(=O)OCC(COP(O)Oc1cccc(C[n+]2csc(C)c2C)c1)OC. The Morgan fingerprint density at radius 1 is 0.953 bits per heavy atom. The summed E-state index contributed by atoms with van der Waals surface area (Å²) in [6.07, 6.45) is 17.3. The molecule has 0 fully saturated rings. The molecular formula is C33H56N2O6PS+. The number of carbonyl (C=O) groups excluding carboxylic acids is 1. The summed E-state index contributed by atoms with van der Waals surface area (Å²) in [5.74, 6) is 0.532. The Bertz CT molecular complexity index is 1010. The summed E-state index contributed by atoms with van der Waals surface area (Å²) in [5.41, 5.74) is 4.41. The molecule has 0 radical (unpaired) electrons. The molecule has 2 N–H and O–H groups in total. The van der Waals surface area contributed by atoms with Crippen LogP contribution >= 0.6 is 19.9 Å². The van der Waals surface area contributed by atoms with Gasteiger partial charge in [0.2, 0.25) is 5.51 Å². The lowest BCUT2D eigenvalue weighted by Crippen LogP contribution is -2.34. The summed E-state index contributed by atoms with van der Waals surface area (Å²) >= 11 is 1.72. The fourth-order valence-corrected chi connectivity index (χ4v) is 6.19. The van der Waals surface area contributed by atoms with Crippen LogP contribution in [-0.2, 0) is 20.5 Å². The molecule has 0 spiro atoms. The number of ether oxygens (including phenoxy) is 2. The molecule has 2 rings (SSSR count). The van der Waals surface area contributed by atoms with Crippen molar-refractivity contribution < 1.29 is 32.8 Å². The number of benzene rings is 1. The highest BCUT2D eigenvalue weighted by molar-refractivity contribution is 7.41. The fourth-order valence-electron chi connectivity index (χ4n) is 4.74. The van der Waals surface area contributed by atoms with E-state index in [0.717, 1.165) is 24.9 Å². The first-order chi connectivity index (χ1) is 20.9. The molecule has 1 aromatic carbocycles. The molecule has 0 aliphatic heterocycles. The third-order valence-electron chi connectivity index (χ3n) is 7.64. The lowest BCUT2D eigenvalue weighted by atomic mass is 10.0. The minimum atomic E-state index is -2.16. The second-order valence-electron chi connectivity index (χ2n) is 11.2. The van der Waals surface area contributed by atoms with E-state index in [9.17, 15) is 9.69 Å². The highest BCUT2D eigenvalue weighted by atomic mass is 32.1. The standard InChI is InChI=1S/C33H55N2O6PS/c1-5-6-7-8-9-10-11-12-13-14-15-16-17-18-22-34-33(36)39-25-32(38-4)26-40-42(37)41-31-21-19-20-30(23-31)24-35-27-43-29(3)28(35)2/h19-21,23,27,32,37H,5-18,22,24-26H2,1-4H3/p+1. The zero-order valence-electron chi connectivity index (χ0n) is 27.0. The molecule has 2 aromatic rings. The van der Waals surface area contributed by atoms with E-state index in [2.05, 4.69) is 36.2 Å². The Hall–Kier alpha value is -1.77. The third kappa shape index (κ3) is 17.3. The number of nitrogens with one attached hydrogen (secondary N) is 1. The average molecular weight is 640 g/mol. The number of rotatable bonds is 25. The second-order valence-corrected chi connectivity index (χ2v) is 13.2. The largest absolute Gasteiger partial charge is 0.447 e. The second kappa shape index (κ2) is 23.6. The normalized spacial score (nSPS) is 12.7. The summed E-state index contributed by atoms with van der Waals surface area (Å²) in [6, 6.07) is 7.60. The number of alkyl carbamates (subject to hydrolysis) is 1. The number of nitrogens with zero attached hydrogens (tertiary/aromatic N) is 1. The summed E-state index contributed by atoms with van der Waals surface area (Å²) in [7, 11) is -0.648. The Kier molecular flexibility index (Phi) is 20.5. The third-order valence-corrected chi connectivity index (χ3v) is 9.38. The molecule has 0 saturated carbocycles. The Labute approximate surface area is 265 Å².